The molecule has 0 unspecified atom stereocenters. The van der Waals surface area contributed by atoms with Crippen LogP contribution in [0.3, 0.4) is 0 Å². The van der Waals surface area contributed by atoms with E-state index in [4.69, 9.17) is 4.74 Å². The van der Waals surface area contributed by atoms with Gasteiger partial charge in [0.25, 0.3) is 5.56 Å². The van der Waals surface area contributed by atoms with E-state index in [1.54, 1.807) is 31.3 Å². The average molecular weight is 426 g/mol. The van der Waals surface area contributed by atoms with Crippen LogP contribution in [0.2, 0.25) is 0 Å². The molecule has 0 N–H and O–H groups in total. The van der Waals surface area contributed by atoms with E-state index in [0.717, 1.165) is 23.4 Å². The Bertz CT molecular complexity index is 1290. The third kappa shape index (κ3) is 3.14. The molecule has 0 saturated carbocycles. The maximum atomic E-state index is 13.1. The fraction of sp³-hybridized carbons (Fsp3) is 0.333. The standard InChI is InChI=1S/C21H22N4O4S/c1-23-14-22-19-13-16(2-4-18(19)21(23)26)24-7-9-25(10-8-24)30(27,28)17-3-5-20-15(12-17)6-11-29-20/h2-5,12-14H,6-11H2,1H3. The first kappa shape index (κ1) is 19.1. The van der Waals surface area contributed by atoms with Crippen molar-refractivity contribution >= 4 is 26.6 Å². The number of aromatic nitrogens is 2. The quantitative estimate of drug-likeness (QED) is 0.629. The van der Waals surface area contributed by atoms with E-state index >= 15 is 0 Å². The SMILES string of the molecule is Cn1cnc2cc(N3CCN(S(=O)(=O)c4ccc5c(c4)CCO5)CC3)ccc2c1=O. The van der Waals surface area contributed by atoms with Gasteiger partial charge in [0, 0.05) is 45.3 Å². The molecule has 5 rings (SSSR count). The number of benzene rings is 2. The first-order valence-electron chi connectivity index (χ1n) is 9.90. The molecule has 8 nitrogen and oxygen atoms in total. The van der Waals surface area contributed by atoms with Gasteiger partial charge in [0.2, 0.25) is 10.0 Å². The number of sulfonamides is 1. The lowest BCUT2D eigenvalue weighted by atomic mass is 10.2. The van der Waals surface area contributed by atoms with Crippen molar-refractivity contribution in [3.8, 4) is 5.75 Å². The summed E-state index contributed by atoms with van der Waals surface area (Å²) in [6.45, 7) is 2.55. The fourth-order valence-electron chi connectivity index (χ4n) is 4.05. The Morgan fingerprint density at radius 2 is 1.83 bits per heavy atom. The van der Waals surface area contributed by atoms with Gasteiger partial charge in [-0.3, -0.25) is 4.79 Å². The Balaban J connectivity index is 1.34. The molecule has 0 aliphatic carbocycles. The Hall–Kier alpha value is -2.91. The number of hydrogen-bond acceptors (Lipinski definition) is 6. The number of nitrogens with zero attached hydrogens (tertiary/aromatic N) is 4. The number of fused-ring (bicyclic) bond motifs is 2. The van der Waals surface area contributed by atoms with Crippen LogP contribution in [0.15, 0.2) is 52.4 Å². The summed E-state index contributed by atoms with van der Waals surface area (Å²) in [7, 11) is -1.86. The predicted octanol–water partition coefficient (Wildman–Crippen LogP) is 1.38. The van der Waals surface area contributed by atoms with Gasteiger partial charge in [0.05, 0.1) is 28.7 Å². The van der Waals surface area contributed by atoms with Crippen LogP contribution in [0.5, 0.6) is 5.75 Å². The summed E-state index contributed by atoms with van der Waals surface area (Å²) < 4.78 is 34.7. The van der Waals surface area contributed by atoms with E-state index in [1.165, 1.54) is 15.2 Å². The third-order valence-corrected chi connectivity index (χ3v) is 7.70. The molecule has 9 heteroatoms. The first-order valence-corrected chi connectivity index (χ1v) is 11.3. The molecule has 156 valence electrons. The maximum absolute atomic E-state index is 13.1. The van der Waals surface area contributed by atoms with E-state index in [-0.39, 0.29) is 5.56 Å². The largest absolute Gasteiger partial charge is 0.493 e. The number of rotatable bonds is 3. The smallest absolute Gasteiger partial charge is 0.260 e. The highest BCUT2D eigenvalue weighted by molar-refractivity contribution is 7.89. The normalized spacial score (nSPS) is 17.2. The van der Waals surface area contributed by atoms with E-state index in [1.807, 2.05) is 12.1 Å². The molecule has 1 aromatic heterocycles. The number of piperazine rings is 1. The zero-order valence-electron chi connectivity index (χ0n) is 16.6. The lowest BCUT2D eigenvalue weighted by Crippen LogP contribution is -2.48. The van der Waals surface area contributed by atoms with Crippen LogP contribution in [-0.4, -0.2) is 55.1 Å². The van der Waals surface area contributed by atoms with Crippen LogP contribution >= 0.6 is 0 Å². The van der Waals surface area contributed by atoms with E-state index in [0.29, 0.717) is 48.6 Å². The molecule has 0 atom stereocenters. The van der Waals surface area contributed by atoms with Gasteiger partial charge in [-0.2, -0.15) is 4.31 Å². The van der Waals surface area contributed by atoms with Crippen LogP contribution in [-0.2, 0) is 23.5 Å². The molecule has 1 fully saturated rings. The molecule has 0 bridgehead atoms. The highest BCUT2D eigenvalue weighted by Gasteiger charge is 2.29. The second-order valence-corrected chi connectivity index (χ2v) is 9.56. The van der Waals surface area contributed by atoms with Crippen LogP contribution in [0.25, 0.3) is 10.9 Å². The van der Waals surface area contributed by atoms with Crippen LogP contribution < -0.4 is 15.2 Å². The second kappa shape index (κ2) is 7.10. The highest BCUT2D eigenvalue weighted by Crippen LogP contribution is 2.29. The summed E-state index contributed by atoms with van der Waals surface area (Å²) in [6, 6.07) is 10.7. The van der Waals surface area contributed by atoms with Gasteiger partial charge in [0.15, 0.2) is 0 Å². The van der Waals surface area contributed by atoms with Crippen molar-refractivity contribution in [2.24, 2.45) is 7.05 Å². The van der Waals surface area contributed by atoms with Crippen molar-refractivity contribution in [1.82, 2.24) is 13.9 Å². The van der Waals surface area contributed by atoms with Crippen LogP contribution in [0.4, 0.5) is 5.69 Å². The van der Waals surface area contributed by atoms with Gasteiger partial charge in [-0.15, -0.1) is 0 Å². The number of anilines is 1. The second-order valence-electron chi connectivity index (χ2n) is 7.62. The lowest BCUT2D eigenvalue weighted by Gasteiger charge is -2.35. The molecule has 0 radical (unpaired) electrons. The molecule has 0 amide bonds. The summed E-state index contributed by atoms with van der Waals surface area (Å²) in [5, 5.41) is 0.575. The topological polar surface area (TPSA) is 84.7 Å². The molecule has 2 aliphatic rings. The Kier molecular flexibility index (Phi) is 4.52. The Labute approximate surface area is 174 Å². The summed E-state index contributed by atoms with van der Waals surface area (Å²) in [5.74, 6) is 0.776. The predicted molar refractivity (Wildman–Crippen MR) is 114 cm³/mol. The van der Waals surface area contributed by atoms with Gasteiger partial charge in [-0.25, -0.2) is 13.4 Å². The zero-order valence-corrected chi connectivity index (χ0v) is 17.4. The van der Waals surface area contributed by atoms with Gasteiger partial charge in [-0.05, 0) is 42.0 Å². The zero-order chi connectivity index (χ0) is 20.9. The van der Waals surface area contributed by atoms with E-state index < -0.39 is 10.0 Å². The highest BCUT2D eigenvalue weighted by atomic mass is 32.2. The van der Waals surface area contributed by atoms with Crippen molar-refractivity contribution in [2.45, 2.75) is 11.3 Å². The first-order chi connectivity index (χ1) is 14.4. The van der Waals surface area contributed by atoms with Crippen molar-refractivity contribution in [3.05, 3.63) is 58.6 Å². The molecule has 0 spiro atoms. The van der Waals surface area contributed by atoms with Gasteiger partial charge in [-0.1, -0.05) is 0 Å². The third-order valence-electron chi connectivity index (χ3n) is 5.80. The van der Waals surface area contributed by atoms with Gasteiger partial charge < -0.3 is 14.2 Å². The molecule has 2 aromatic carbocycles. The maximum Gasteiger partial charge on any atom is 0.260 e. The molecule has 3 aromatic rings. The number of hydrogen-bond donors (Lipinski definition) is 0. The molecule has 30 heavy (non-hydrogen) atoms. The number of ether oxygens (including phenoxy) is 1. The van der Waals surface area contributed by atoms with Crippen LogP contribution in [0.1, 0.15) is 5.56 Å². The molecule has 3 heterocycles. The van der Waals surface area contributed by atoms with Crippen molar-refractivity contribution in [2.75, 3.05) is 37.7 Å². The monoisotopic (exact) mass is 426 g/mol. The fourth-order valence-corrected chi connectivity index (χ4v) is 5.53. The van der Waals surface area contributed by atoms with Crippen molar-refractivity contribution in [3.63, 3.8) is 0 Å². The molecular weight excluding hydrogens is 404 g/mol. The summed E-state index contributed by atoms with van der Waals surface area (Å²) >= 11 is 0. The minimum Gasteiger partial charge on any atom is -0.493 e. The molecule has 1 saturated heterocycles. The summed E-state index contributed by atoms with van der Waals surface area (Å²) in [4.78, 5) is 19.0. The van der Waals surface area contributed by atoms with Crippen molar-refractivity contribution in [1.29, 1.82) is 0 Å². The average Bonchev–Trinajstić information content (AvgIpc) is 3.24. The summed E-state index contributed by atoms with van der Waals surface area (Å²) in [6.07, 6.45) is 2.26. The summed E-state index contributed by atoms with van der Waals surface area (Å²) in [5.41, 5.74) is 2.45. The van der Waals surface area contributed by atoms with E-state index in [9.17, 15) is 13.2 Å². The minimum absolute atomic E-state index is 0.0813. The minimum atomic E-state index is -3.54. The van der Waals surface area contributed by atoms with Crippen molar-refractivity contribution < 1.29 is 13.2 Å². The Morgan fingerprint density at radius 3 is 2.63 bits per heavy atom. The Morgan fingerprint density at radius 1 is 1.03 bits per heavy atom. The molecule has 2 aliphatic heterocycles. The lowest BCUT2D eigenvalue weighted by molar-refractivity contribution is 0.356. The van der Waals surface area contributed by atoms with Gasteiger partial charge >= 0.3 is 0 Å². The molecular formula is C21H22N4O4S. The number of aryl methyl sites for hydroxylation is 1. The van der Waals surface area contributed by atoms with E-state index in [2.05, 4.69) is 9.88 Å². The van der Waals surface area contributed by atoms with Crippen LogP contribution in [0, 0.1) is 0 Å². The van der Waals surface area contributed by atoms with Gasteiger partial charge in [0.1, 0.15) is 5.75 Å².